The summed E-state index contributed by atoms with van der Waals surface area (Å²) in [4.78, 5) is 11.2. The van der Waals surface area contributed by atoms with Gasteiger partial charge in [-0.3, -0.25) is 9.97 Å². The van der Waals surface area contributed by atoms with Crippen LogP contribution in [0.3, 0.4) is 0 Å². The zero-order valence-corrected chi connectivity index (χ0v) is 8.51. The molecule has 0 aliphatic carbocycles. The lowest BCUT2D eigenvalue weighted by molar-refractivity contribution is 1.17. The van der Waals surface area contributed by atoms with Crippen LogP contribution in [0.25, 0.3) is 11.3 Å². The summed E-state index contributed by atoms with van der Waals surface area (Å²) in [5, 5.41) is 0. The van der Waals surface area contributed by atoms with Gasteiger partial charge in [-0.2, -0.15) is 0 Å². The maximum Gasteiger partial charge on any atom is 0.122 e. The Morgan fingerprint density at radius 2 is 2.07 bits per heavy atom. The minimum absolute atomic E-state index is 0.638. The molecule has 0 saturated heterocycles. The smallest absolute Gasteiger partial charge is 0.122 e. The molecule has 4 heteroatoms. The molecular formula is C10H9N3S. The first-order valence-corrected chi connectivity index (χ1v) is 4.63. The fourth-order valence-electron chi connectivity index (χ4n) is 1.29. The largest absolute Gasteiger partial charge is 0.344 e. The predicted molar refractivity (Wildman–Crippen MR) is 57.4 cm³/mol. The first-order chi connectivity index (χ1) is 6.77. The van der Waals surface area contributed by atoms with Crippen molar-refractivity contribution in [3.8, 4) is 11.3 Å². The van der Waals surface area contributed by atoms with Gasteiger partial charge in [-0.05, 0) is 18.6 Å². The van der Waals surface area contributed by atoms with Gasteiger partial charge < -0.3 is 4.98 Å². The van der Waals surface area contributed by atoms with E-state index in [-0.39, 0.29) is 0 Å². The summed E-state index contributed by atoms with van der Waals surface area (Å²) in [5.41, 5.74) is 3.11. The van der Waals surface area contributed by atoms with Crippen LogP contribution in [0.4, 0.5) is 0 Å². The summed E-state index contributed by atoms with van der Waals surface area (Å²) < 4.78 is 0.638. The van der Waals surface area contributed by atoms with Gasteiger partial charge in [0.05, 0.1) is 18.1 Å². The highest BCUT2D eigenvalue weighted by Gasteiger charge is 2.00. The highest BCUT2D eigenvalue weighted by atomic mass is 32.1. The first-order valence-electron chi connectivity index (χ1n) is 4.22. The Bertz CT molecular complexity index is 504. The Balaban J connectivity index is 2.61. The van der Waals surface area contributed by atoms with Crippen molar-refractivity contribution in [2.75, 3.05) is 0 Å². The van der Waals surface area contributed by atoms with Gasteiger partial charge in [0.15, 0.2) is 0 Å². The van der Waals surface area contributed by atoms with Crippen LogP contribution in [-0.2, 0) is 0 Å². The molecule has 2 aromatic rings. The molecule has 2 aromatic heterocycles. The highest BCUT2D eigenvalue weighted by Crippen LogP contribution is 2.18. The van der Waals surface area contributed by atoms with Crippen molar-refractivity contribution in [3.63, 3.8) is 0 Å². The van der Waals surface area contributed by atoms with E-state index in [1.807, 2.05) is 19.2 Å². The predicted octanol–water partition coefficient (Wildman–Crippen LogP) is 2.51. The van der Waals surface area contributed by atoms with Crippen LogP contribution in [0.15, 0.2) is 30.9 Å². The lowest BCUT2D eigenvalue weighted by Crippen LogP contribution is -1.89. The van der Waals surface area contributed by atoms with Crippen LogP contribution >= 0.6 is 12.2 Å². The van der Waals surface area contributed by atoms with Gasteiger partial charge in [-0.1, -0.05) is 12.2 Å². The van der Waals surface area contributed by atoms with Gasteiger partial charge in [0.2, 0.25) is 0 Å². The number of rotatable bonds is 1. The molecule has 1 N–H and O–H groups in total. The normalized spacial score (nSPS) is 10.1. The SMILES string of the molecule is Cc1cnccc1-c1cncc(=S)[nH]1. The van der Waals surface area contributed by atoms with Crippen LogP contribution in [0, 0.1) is 11.6 Å². The van der Waals surface area contributed by atoms with E-state index in [1.54, 1.807) is 18.6 Å². The summed E-state index contributed by atoms with van der Waals surface area (Å²) in [6.45, 7) is 2.01. The van der Waals surface area contributed by atoms with Crippen LogP contribution in [0.5, 0.6) is 0 Å². The maximum absolute atomic E-state index is 5.01. The monoisotopic (exact) mass is 203 g/mol. The minimum Gasteiger partial charge on any atom is -0.344 e. The summed E-state index contributed by atoms with van der Waals surface area (Å²) >= 11 is 5.01. The third kappa shape index (κ3) is 1.70. The van der Waals surface area contributed by atoms with Crippen molar-refractivity contribution < 1.29 is 0 Å². The van der Waals surface area contributed by atoms with Crippen LogP contribution in [0.1, 0.15) is 5.56 Å². The van der Waals surface area contributed by atoms with E-state index in [2.05, 4.69) is 15.0 Å². The van der Waals surface area contributed by atoms with Crippen molar-refractivity contribution in [1.82, 2.24) is 15.0 Å². The van der Waals surface area contributed by atoms with E-state index in [0.717, 1.165) is 16.8 Å². The number of hydrogen-bond acceptors (Lipinski definition) is 3. The lowest BCUT2D eigenvalue weighted by Gasteiger charge is -2.03. The van der Waals surface area contributed by atoms with E-state index >= 15 is 0 Å². The quantitative estimate of drug-likeness (QED) is 0.724. The van der Waals surface area contributed by atoms with Crippen molar-refractivity contribution in [1.29, 1.82) is 0 Å². The van der Waals surface area contributed by atoms with Crippen molar-refractivity contribution in [2.24, 2.45) is 0 Å². The Labute approximate surface area is 86.9 Å². The fraction of sp³-hybridized carbons (Fsp3) is 0.100. The van der Waals surface area contributed by atoms with Gasteiger partial charge in [0.1, 0.15) is 4.64 Å². The van der Waals surface area contributed by atoms with Gasteiger partial charge in [-0.15, -0.1) is 0 Å². The average molecular weight is 203 g/mol. The summed E-state index contributed by atoms with van der Waals surface area (Å²) in [6, 6.07) is 1.94. The molecule has 0 aromatic carbocycles. The molecular weight excluding hydrogens is 194 g/mol. The average Bonchev–Trinajstić information content (AvgIpc) is 2.18. The minimum atomic E-state index is 0.638. The third-order valence-electron chi connectivity index (χ3n) is 1.96. The molecule has 0 aliphatic rings. The summed E-state index contributed by atoms with van der Waals surface area (Å²) in [7, 11) is 0. The second-order valence-corrected chi connectivity index (χ2v) is 3.44. The molecule has 0 saturated carbocycles. The number of nitrogens with zero attached hydrogens (tertiary/aromatic N) is 2. The molecule has 3 nitrogen and oxygen atoms in total. The second-order valence-electron chi connectivity index (χ2n) is 3.00. The number of aromatic amines is 1. The molecule has 0 fully saturated rings. The summed E-state index contributed by atoms with van der Waals surface area (Å²) in [6.07, 6.45) is 6.96. The maximum atomic E-state index is 5.01. The molecule has 0 atom stereocenters. The number of H-pyrrole nitrogens is 1. The molecule has 14 heavy (non-hydrogen) atoms. The van der Waals surface area contributed by atoms with Gasteiger partial charge >= 0.3 is 0 Å². The third-order valence-corrected chi connectivity index (χ3v) is 2.17. The molecule has 0 aliphatic heterocycles. The Morgan fingerprint density at radius 1 is 1.21 bits per heavy atom. The van der Waals surface area contributed by atoms with Gasteiger partial charge in [-0.25, -0.2) is 0 Å². The zero-order valence-electron chi connectivity index (χ0n) is 7.69. The second kappa shape index (κ2) is 3.67. The molecule has 0 radical (unpaired) electrons. The van der Waals surface area contributed by atoms with Gasteiger partial charge in [0, 0.05) is 18.0 Å². The highest BCUT2D eigenvalue weighted by molar-refractivity contribution is 7.71. The van der Waals surface area contributed by atoms with Gasteiger partial charge in [0.25, 0.3) is 0 Å². The molecule has 2 heterocycles. The van der Waals surface area contributed by atoms with Crippen molar-refractivity contribution in [2.45, 2.75) is 6.92 Å². The Hall–Kier alpha value is -1.55. The van der Waals surface area contributed by atoms with E-state index in [0.29, 0.717) is 4.64 Å². The van der Waals surface area contributed by atoms with Crippen LogP contribution in [-0.4, -0.2) is 15.0 Å². The van der Waals surface area contributed by atoms with Crippen LogP contribution < -0.4 is 0 Å². The Kier molecular flexibility index (Phi) is 2.37. The van der Waals surface area contributed by atoms with Crippen LogP contribution in [0.2, 0.25) is 0 Å². The number of hydrogen-bond donors (Lipinski definition) is 1. The molecule has 0 unspecified atom stereocenters. The first kappa shape index (κ1) is 9.02. The number of pyridine rings is 1. The molecule has 2 rings (SSSR count). The molecule has 0 spiro atoms. The zero-order chi connectivity index (χ0) is 9.97. The Morgan fingerprint density at radius 3 is 2.79 bits per heavy atom. The number of aryl methyl sites for hydroxylation is 1. The fourth-order valence-corrected chi connectivity index (χ4v) is 1.46. The number of nitrogens with one attached hydrogen (secondary N) is 1. The van der Waals surface area contributed by atoms with E-state index in [4.69, 9.17) is 12.2 Å². The lowest BCUT2D eigenvalue weighted by atomic mass is 10.1. The van der Waals surface area contributed by atoms with Crippen molar-refractivity contribution >= 4 is 12.2 Å². The molecule has 0 bridgehead atoms. The molecule has 0 amide bonds. The summed E-state index contributed by atoms with van der Waals surface area (Å²) in [5.74, 6) is 0. The van der Waals surface area contributed by atoms with E-state index in [9.17, 15) is 0 Å². The van der Waals surface area contributed by atoms with E-state index in [1.165, 1.54) is 0 Å². The van der Waals surface area contributed by atoms with E-state index < -0.39 is 0 Å². The van der Waals surface area contributed by atoms with Crippen molar-refractivity contribution in [3.05, 3.63) is 41.1 Å². The topological polar surface area (TPSA) is 41.6 Å². The number of aromatic nitrogens is 3. The standard InChI is InChI=1S/C10H9N3S/c1-7-4-11-3-2-8(7)9-5-12-6-10(14)13-9/h2-6H,1H3,(H,13,14). The molecule has 70 valence electrons.